The number of nitrogens with one attached hydrogen (secondary N) is 1. The number of hydrogen-bond acceptors (Lipinski definition) is 4. The molecule has 5 heteroatoms. The maximum Gasteiger partial charge on any atom is 0.223 e. The lowest BCUT2D eigenvalue weighted by molar-refractivity contribution is -0.127. The van der Waals surface area contributed by atoms with Crippen LogP contribution in [0.1, 0.15) is 38.6 Å². The van der Waals surface area contributed by atoms with Crippen LogP contribution in [0.4, 0.5) is 0 Å². The van der Waals surface area contributed by atoms with Crippen LogP contribution in [0.15, 0.2) is 24.3 Å². The molecule has 1 aromatic carbocycles. The van der Waals surface area contributed by atoms with Crippen molar-refractivity contribution >= 4 is 27.5 Å². The Morgan fingerprint density at radius 3 is 2.67 bits per heavy atom. The summed E-state index contributed by atoms with van der Waals surface area (Å²) in [7, 11) is 0. The molecule has 24 heavy (non-hydrogen) atoms. The number of piperidine rings is 1. The monoisotopic (exact) mass is 345 g/mol. The Labute approximate surface area is 148 Å². The van der Waals surface area contributed by atoms with Crippen molar-refractivity contribution in [2.45, 2.75) is 46.2 Å². The van der Waals surface area contributed by atoms with Crippen LogP contribution in [-0.2, 0) is 11.3 Å². The van der Waals surface area contributed by atoms with Gasteiger partial charge < -0.3 is 5.32 Å². The third kappa shape index (κ3) is 4.14. The molecule has 1 fully saturated rings. The molecule has 2 heterocycles. The molecule has 1 amide bonds. The van der Waals surface area contributed by atoms with Crippen molar-refractivity contribution in [3.8, 4) is 0 Å². The number of carbonyl (C=O) groups excluding carboxylic acids is 1. The molecule has 1 saturated heterocycles. The Kier molecular flexibility index (Phi) is 5.51. The number of amides is 1. The number of nitrogens with zero attached hydrogens (tertiary/aromatic N) is 2. The second-order valence-electron chi connectivity index (χ2n) is 7.17. The fourth-order valence-electron chi connectivity index (χ4n) is 3.04. The molecule has 0 unspecified atom stereocenters. The Bertz CT molecular complexity index is 656. The average molecular weight is 346 g/mol. The van der Waals surface area contributed by atoms with Gasteiger partial charge in [-0.2, -0.15) is 0 Å². The molecule has 4 nitrogen and oxygen atoms in total. The predicted molar refractivity (Wildman–Crippen MR) is 100 cm³/mol. The summed E-state index contributed by atoms with van der Waals surface area (Å²) in [6.45, 7) is 9.23. The number of para-hydroxylation sites is 1. The highest BCUT2D eigenvalue weighted by atomic mass is 32.1. The number of thiazole rings is 1. The molecule has 1 aliphatic rings. The van der Waals surface area contributed by atoms with Gasteiger partial charge in [0, 0.05) is 12.0 Å². The fraction of sp³-hybridized carbons (Fsp3) is 0.579. The summed E-state index contributed by atoms with van der Waals surface area (Å²) in [5.41, 5.74) is 1.09. The third-order valence-electron chi connectivity index (χ3n) is 5.03. The zero-order valence-corrected chi connectivity index (χ0v) is 15.6. The van der Waals surface area contributed by atoms with Gasteiger partial charge in [0.1, 0.15) is 5.01 Å². The normalized spacial score (nSPS) is 18.2. The van der Waals surface area contributed by atoms with E-state index in [1.807, 2.05) is 6.07 Å². The van der Waals surface area contributed by atoms with Crippen molar-refractivity contribution in [3.05, 3.63) is 29.3 Å². The molecule has 130 valence electrons. The summed E-state index contributed by atoms with van der Waals surface area (Å²) in [4.78, 5) is 19.5. The molecule has 0 aliphatic carbocycles. The Morgan fingerprint density at radius 1 is 1.29 bits per heavy atom. The van der Waals surface area contributed by atoms with Gasteiger partial charge in [-0.05, 0) is 50.9 Å². The lowest BCUT2D eigenvalue weighted by Gasteiger charge is -2.31. The summed E-state index contributed by atoms with van der Waals surface area (Å²) in [6, 6.07) is 8.55. The van der Waals surface area contributed by atoms with E-state index in [1.165, 1.54) is 9.71 Å². The van der Waals surface area contributed by atoms with Crippen LogP contribution >= 0.6 is 11.3 Å². The van der Waals surface area contributed by atoms with Crippen LogP contribution in [0, 0.1) is 11.8 Å². The highest BCUT2D eigenvalue weighted by Crippen LogP contribution is 2.25. The van der Waals surface area contributed by atoms with E-state index in [0.29, 0.717) is 5.92 Å². The summed E-state index contributed by atoms with van der Waals surface area (Å²) in [5.74, 6) is 0.877. The van der Waals surface area contributed by atoms with Gasteiger partial charge in [0.2, 0.25) is 5.91 Å². The van der Waals surface area contributed by atoms with E-state index < -0.39 is 0 Å². The maximum absolute atomic E-state index is 12.4. The minimum Gasteiger partial charge on any atom is -0.353 e. The smallest absolute Gasteiger partial charge is 0.223 e. The summed E-state index contributed by atoms with van der Waals surface area (Å²) >= 11 is 1.78. The number of benzene rings is 1. The SMILES string of the molecule is CC(C)[C@H](C)NC(=O)C1CCN(Cc2nc3ccccc3s2)CC1. The van der Waals surface area contributed by atoms with Gasteiger partial charge in [-0.3, -0.25) is 9.69 Å². The van der Waals surface area contributed by atoms with Gasteiger partial charge in [-0.15, -0.1) is 11.3 Å². The fourth-order valence-corrected chi connectivity index (χ4v) is 4.05. The maximum atomic E-state index is 12.4. The molecule has 1 aliphatic heterocycles. The minimum absolute atomic E-state index is 0.165. The summed E-state index contributed by atoms with van der Waals surface area (Å²) in [5, 5.41) is 4.34. The van der Waals surface area contributed by atoms with Gasteiger partial charge in [-0.1, -0.05) is 26.0 Å². The van der Waals surface area contributed by atoms with E-state index >= 15 is 0 Å². The highest BCUT2D eigenvalue weighted by molar-refractivity contribution is 7.18. The van der Waals surface area contributed by atoms with Crippen LogP contribution in [0.5, 0.6) is 0 Å². The first kappa shape index (κ1) is 17.4. The van der Waals surface area contributed by atoms with Crippen molar-refractivity contribution in [2.24, 2.45) is 11.8 Å². The van der Waals surface area contributed by atoms with Gasteiger partial charge in [0.25, 0.3) is 0 Å². The van der Waals surface area contributed by atoms with E-state index in [9.17, 15) is 4.79 Å². The van der Waals surface area contributed by atoms with E-state index in [1.54, 1.807) is 11.3 Å². The van der Waals surface area contributed by atoms with Gasteiger partial charge >= 0.3 is 0 Å². The zero-order chi connectivity index (χ0) is 17.1. The van der Waals surface area contributed by atoms with Crippen LogP contribution in [0.25, 0.3) is 10.2 Å². The molecule has 3 rings (SSSR count). The number of hydrogen-bond donors (Lipinski definition) is 1. The summed E-state index contributed by atoms with van der Waals surface area (Å²) in [6.07, 6.45) is 1.89. The van der Waals surface area contributed by atoms with Crippen molar-refractivity contribution in [1.82, 2.24) is 15.2 Å². The standard InChI is InChI=1S/C19H27N3OS/c1-13(2)14(3)20-19(23)15-8-10-22(11-9-15)12-18-21-16-6-4-5-7-17(16)24-18/h4-7,13-15H,8-12H2,1-3H3,(H,20,23)/t14-/m0/s1. The lowest BCUT2D eigenvalue weighted by atomic mass is 9.95. The van der Waals surface area contributed by atoms with E-state index in [-0.39, 0.29) is 17.9 Å². The molecule has 0 spiro atoms. The molecule has 1 atom stereocenters. The molecule has 1 N–H and O–H groups in total. The van der Waals surface area contributed by atoms with Gasteiger partial charge in [0.15, 0.2) is 0 Å². The third-order valence-corrected chi connectivity index (χ3v) is 6.05. The molecular weight excluding hydrogens is 318 g/mol. The second-order valence-corrected chi connectivity index (χ2v) is 8.28. The van der Waals surface area contributed by atoms with E-state index in [2.05, 4.69) is 49.2 Å². The molecule has 1 aromatic heterocycles. The van der Waals surface area contributed by atoms with Crippen molar-refractivity contribution < 1.29 is 4.79 Å². The van der Waals surface area contributed by atoms with Crippen molar-refractivity contribution in [3.63, 3.8) is 0 Å². The largest absolute Gasteiger partial charge is 0.353 e. The zero-order valence-electron chi connectivity index (χ0n) is 14.8. The Hall–Kier alpha value is -1.46. The van der Waals surface area contributed by atoms with Gasteiger partial charge in [-0.25, -0.2) is 4.98 Å². The first-order chi connectivity index (χ1) is 11.5. The highest BCUT2D eigenvalue weighted by Gasteiger charge is 2.26. The van der Waals surface area contributed by atoms with E-state index in [4.69, 9.17) is 4.98 Å². The second kappa shape index (κ2) is 7.62. The Balaban J connectivity index is 1.50. The van der Waals surface area contributed by atoms with Crippen molar-refractivity contribution in [2.75, 3.05) is 13.1 Å². The van der Waals surface area contributed by atoms with Crippen LogP contribution in [0.3, 0.4) is 0 Å². The van der Waals surface area contributed by atoms with Gasteiger partial charge in [0.05, 0.1) is 16.8 Å². The molecular formula is C19H27N3OS. The number of fused-ring (bicyclic) bond motifs is 1. The number of carbonyl (C=O) groups is 1. The summed E-state index contributed by atoms with van der Waals surface area (Å²) < 4.78 is 1.25. The van der Waals surface area contributed by atoms with Crippen molar-refractivity contribution in [1.29, 1.82) is 0 Å². The first-order valence-electron chi connectivity index (χ1n) is 8.90. The number of rotatable bonds is 5. The number of aromatic nitrogens is 1. The Morgan fingerprint density at radius 2 is 2.00 bits per heavy atom. The first-order valence-corrected chi connectivity index (χ1v) is 9.71. The van der Waals surface area contributed by atoms with E-state index in [0.717, 1.165) is 38.0 Å². The number of likely N-dealkylation sites (tertiary alicyclic amines) is 1. The lowest BCUT2D eigenvalue weighted by Crippen LogP contribution is -2.44. The van der Waals surface area contributed by atoms with Crippen LogP contribution < -0.4 is 5.32 Å². The molecule has 0 radical (unpaired) electrons. The van der Waals surface area contributed by atoms with Crippen LogP contribution in [-0.4, -0.2) is 34.9 Å². The minimum atomic E-state index is 0.165. The average Bonchev–Trinajstić information content (AvgIpc) is 2.97. The topological polar surface area (TPSA) is 45.2 Å². The predicted octanol–water partition coefficient (Wildman–Crippen LogP) is 3.67. The molecule has 2 aromatic rings. The molecule has 0 saturated carbocycles. The van der Waals surface area contributed by atoms with Crippen LogP contribution in [0.2, 0.25) is 0 Å². The quantitative estimate of drug-likeness (QED) is 0.899. The molecule has 0 bridgehead atoms.